The number of likely N-dealkylation sites (tertiary alicyclic amines) is 1. The third kappa shape index (κ3) is 9.85. The molecule has 0 radical (unpaired) electrons. The zero-order valence-electron chi connectivity index (χ0n) is 17.5. The molecule has 7 heteroatoms. The number of carbonyl (C=O) groups excluding carboxylic acids is 1. The van der Waals surface area contributed by atoms with Crippen molar-refractivity contribution in [1.82, 2.24) is 20.9 Å². The smallest absolute Gasteiger partial charge is 0.407 e. The number of piperidine rings is 1. The summed E-state index contributed by atoms with van der Waals surface area (Å²) in [5, 5.41) is 9.61. The molecule has 7 nitrogen and oxygen atoms in total. The summed E-state index contributed by atoms with van der Waals surface area (Å²) in [6, 6.07) is -0.0366. The summed E-state index contributed by atoms with van der Waals surface area (Å²) >= 11 is 0. The van der Waals surface area contributed by atoms with Crippen molar-refractivity contribution < 1.29 is 9.53 Å². The van der Waals surface area contributed by atoms with E-state index in [4.69, 9.17) is 4.74 Å². The second-order valence-corrected chi connectivity index (χ2v) is 8.28. The van der Waals surface area contributed by atoms with Gasteiger partial charge < -0.3 is 25.6 Å². The summed E-state index contributed by atoms with van der Waals surface area (Å²) in [5.41, 5.74) is -0.495. The molecule has 0 bridgehead atoms. The van der Waals surface area contributed by atoms with E-state index in [9.17, 15) is 4.79 Å². The van der Waals surface area contributed by atoms with Crippen molar-refractivity contribution in [2.24, 2.45) is 10.9 Å². The number of rotatable bonds is 7. The standard InChI is InChI=1S/C19H39N5O2/c1-15(2)16(23-18(25)26-19(3,4)5)14-22-17(20-6)21-10-13-24-11-8-7-9-12-24/h15-16H,7-14H2,1-6H3,(H,23,25)(H2,20,21,22). The Balaban J connectivity index is 2.36. The summed E-state index contributed by atoms with van der Waals surface area (Å²) in [4.78, 5) is 18.8. The fraction of sp³-hybridized carbons (Fsp3) is 0.895. The first-order valence-electron chi connectivity index (χ1n) is 9.87. The van der Waals surface area contributed by atoms with Gasteiger partial charge in [-0.2, -0.15) is 0 Å². The number of guanidine groups is 1. The Morgan fingerprint density at radius 2 is 1.81 bits per heavy atom. The molecule has 1 aliphatic rings. The SMILES string of the molecule is CN=C(NCCN1CCCCC1)NCC(NC(=O)OC(C)(C)C)C(C)C. The minimum atomic E-state index is -0.495. The lowest BCUT2D eigenvalue weighted by Gasteiger charge is -2.28. The highest BCUT2D eigenvalue weighted by Crippen LogP contribution is 2.09. The van der Waals surface area contributed by atoms with Crippen LogP contribution in [-0.4, -0.2) is 68.4 Å². The fourth-order valence-electron chi connectivity index (χ4n) is 2.86. The van der Waals surface area contributed by atoms with Crippen LogP contribution in [0.3, 0.4) is 0 Å². The number of alkyl carbamates (subject to hydrolysis) is 1. The lowest BCUT2D eigenvalue weighted by Crippen LogP contribution is -2.51. The first-order valence-corrected chi connectivity index (χ1v) is 9.87. The van der Waals surface area contributed by atoms with Crippen LogP contribution in [0.2, 0.25) is 0 Å². The van der Waals surface area contributed by atoms with Gasteiger partial charge in [-0.1, -0.05) is 20.3 Å². The van der Waals surface area contributed by atoms with E-state index in [2.05, 4.69) is 39.7 Å². The monoisotopic (exact) mass is 369 g/mol. The highest BCUT2D eigenvalue weighted by atomic mass is 16.6. The quantitative estimate of drug-likeness (QED) is 0.474. The van der Waals surface area contributed by atoms with E-state index in [0.29, 0.717) is 6.54 Å². The Kier molecular flexibility index (Phi) is 9.76. The average molecular weight is 370 g/mol. The normalized spacial score (nSPS) is 17.7. The number of hydrogen-bond acceptors (Lipinski definition) is 4. The van der Waals surface area contributed by atoms with Crippen molar-refractivity contribution in [3.63, 3.8) is 0 Å². The van der Waals surface area contributed by atoms with Gasteiger partial charge >= 0.3 is 6.09 Å². The number of hydrogen-bond donors (Lipinski definition) is 3. The second-order valence-electron chi connectivity index (χ2n) is 8.28. The van der Waals surface area contributed by atoms with E-state index in [1.165, 1.54) is 32.4 Å². The number of nitrogens with zero attached hydrogens (tertiary/aromatic N) is 2. The molecule has 1 amide bonds. The molecule has 0 aromatic rings. The highest BCUT2D eigenvalue weighted by molar-refractivity contribution is 5.79. The van der Waals surface area contributed by atoms with Crippen LogP contribution < -0.4 is 16.0 Å². The van der Waals surface area contributed by atoms with Crippen LogP contribution in [0, 0.1) is 5.92 Å². The molecule has 0 aliphatic carbocycles. The summed E-state index contributed by atoms with van der Waals surface area (Å²) in [6.07, 6.45) is 3.58. The first-order chi connectivity index (χ1) is 12.2. The summed E-state index contributed by atoms with van der Waals surface area (Å²) in [6.45, 7) is 14.6. The van der Waals surface area contributed by atoms with Crippen molar-refractivity contribution in [1.29, 1.82) is 0 Å². The van der Waals surface area contributed by atoms with Crippen LogP contribution >= 0.6 is 0 Å². The molecule has 152 valence electrons. The Morgan fingerprint density at radius 1 is 1.15 bits per heavy atom. The Labute approximate surface area is 159 Å². The zero-order chi connectivity index (χ0) is 19.6. The van der Waals surface area contributed by atoms with E-state index >= 15 is 0 Å². The molecule has 26 heavy (non-hydrogen) atoms. The van der Waals surface area contributed by atoms with Gasteiger partial charge in [-0.25, -0.2) is 4.79 Å². The van der Waals surface area contributed by atoms with Crippen LogP contribution in [0.1, 0.15) is 53.9 Å². The van der Waals surface area contributed by atoms with Gasteiger partial charge in [-0.15, -0.1) is 0 Å². The van der Waals surface area contributed by atoms with E-state index in [-0.39, 0.29) is 18.1 Å². The first kappa shape index (κ1) is 22.5. The molecule has 1 aliphatic heterocycles. The maximum absolute atomic E-state index is 12.0. The fourth-order valence-corrected chi connectivity index (χ4v) is 2.86. The zero-order valence-corrected chi connectivity index (χ0v) is 17.5. The molecule has 1 saturated heterocycles. The van der Waals surface area contributed by atoms with Gasteiger partial charge in [0.1, 0.15) is 5.60 Å². The molecule has 3 N–H and O–H groups in total. The molecule has 1 rings (SSSR count). The third-order valence-corrected chi connectivity index (χ3v) is 4.39. The Morgan fingerprint density at radius 3 is 2.35 bits per heavy atom. The van der Waals surface area contributed by atoms with Crippen molar-refractivity contribution in [3.05, 3.63) is 0 Å². The molecule has 0 aromatic carbocycles. The van der Waals surface area contributed by atoms with E-state index in [1.54, 1.807) is 7.05 Å². The lowest BCUT2D eigenvalue weighted by molar-refractivity contribution is 0.0491. The van der Waals surface area contributed by atoms with Crippen molar-refractivity contribution in [3.8, 4) is 0 Å². The van der Waals surface area contributed by atoms with Crippen molar-refractivity contribution >= 4 is 12.1 Å². The maximum Gasteiger partial charge on any atom is 0.407 e. The molecule has 0 spiro atoms. The van der Waals surface area contributed by atoms with Gasteiger partial charge in [0.25, 0.3) is 0 Å². The van der Waals surface area contributed by atoms with Gasteiger partial charge in [0.15, 0.2) is 5.96 Å². The van der Waals surface area contributed by atoms with Crippen LogP contribution in [0.15, 0.2) is 4.99 Å². The number of nitrogens with one attached hydrogen (secondary N) is 3. The van der Waals surface area contributed by atoms with Crippen LogP contribution in [0.4, 0.5) is 4.79 Å². The van der Waals surface area contributed by atoms with Gasteiger partial charge in [0, 0.05) is 26.7 Å². The number of amides is 1. The van der Waals surface area contributed by atoms with Crippen LogP contribution in [0.5, 0.6) is 0 Å². The number of aliphatic imine (C=N–C) groups is 1. The summed E-state index contributed by atoms with van der Waals surface area (Å²) in [7, 11) is 1.77. The van der Waals surface area contributed by atoms with Gasteiger partial charge in [-0.3, -0.25) is 4.99 Å². The minimum absolute atomic E-state index is 0.0366. The minimum Gasteiger partial charge on any atom is -0.444 e. The summed E-state index contributed by atoms with van der Waals surface area (Å²) in [5.74, 6) is 1.04. The molecule has 1 fully saturated rings. The molecule has 1 heterocycles. The lowest BCUT2D eigenvalue weighted by atomic mass is 10.0. The predicted octanol–water partition coefficient (Wildman–Crippen LogP) is 2.19. The molecule has 0 aromatic heterocycles. The third-order valence-electron chi connectivity index (χ3n) is 4.39. The molecule has 1 atom stereocenters. The highest BCUT2D eigenvalue weighted by Gasteiger charge is 2.21. The van der Waals surface area contributed by atoms with Crippen molar-refractivity contribution in [2.45, 2.75) is 65.5 Å². The molecule has 1 unspecified atom stereocenters. The maximum atomic E-state index is 12.0. The van der Waals surface area contributed by atoms with E-state index in [1.807, 2.05) is 20.8 Å². The Hall–Kier alpha value is -1.50. The molecular weight excluding hydrogens is 330 g/mol. The van der Waals surface area contributed by atoms with E-state index < -0.39 is 5.60 Å². The Bertz CT molecular complexity index is 440. The predicted molar refractivity (Wildman–Crippen MR) is 108 cm³/mol. The van der Waals surface area contributed by atoms with Crippen molar-refractivity contribution in [2.75, 3.05) is 39.8 Å². The van der Waals surface area contributed by atoms with E-state index in [0.717, 1.165) is 19.0 Å². The molecule has 0 saturated carbocycles. The van der Waals surface area contributed by atoms with Crippen LogP contribution in [-0.2, 0) is 4.74 Å². The average Bonchev–Trinajstić information content (AvgIpc) is 2.55. The topological polar surface area (TPSA) is 78.0 Å². The van der Waals surface area contributed by atoms with Crippen LogP contribution in [0.25, 0.3) is 0 Å². The largest absolute Gasteiger partial charge is 0.444 e. The number of carbonyl (C=O) groups is 1. The molecular formula is C19H39N5O2. The number of ether oxygens (including phenoxy) is 1. The second kappa shape index (κ2) is 11.3. The van der Waals surface area contributed by atoms with Gasteiger partial charge in [-0.05, 0) is 52.6 Å². The van der Waals surface area contributed by atoms with Gasteiger partial charge in [0.2, 0.25) is 0 Å². The van der Waals surface area contributed by atoms with Gasteiger partial charge in [0.05, 0.1) is 6.04 Å². The summed E-state index contributed by atoms with van der Waals surface area (Å²) < 4.78 is 5.35.